The van der Waals surface area contributed by atoms with Gasteiger partial charge < -0.3 is 15.6 Å². The summed E-state index contributed by atoms with van der Waals surface area (Å²) in [7, 11) is -3.11. The van der Waals surface area contributed by atoms with Gasteiger partial charge in [0.05, 0.1) is 23.7 Å². The summed E-state index contributed by atoms with van der Waals surface area (Å²) in [6, 6.07) is 7.11. The molecule has 1 fully saturated rings. The van der Waals surface area contributed by atoms with Gasteiger partial charge in [-0.15, -0.1) is 0 Å². The molecule has 0 aliphatic carbocycles. The maximum atomic E-state index is 11.7. The van der Waals surface area contributed by atoms with Gasteiger partial charge in [0.15, 0.2) is 9.84 Å². The second-order valence-corrected chi connectivity index (χ2v) is 8.23. The maximum Gasteiger partial charge on any atom is 0.151 e. The van der Waals surface area contributed by atoms with Gasteiger partial charge in [0.1, 0.15) is 5.75 Å². The first kappa shape index (κ1) is 16.3. The van der Waals surface area contributed by atoms with E-state index in [4.69, 9.17) is 10.5 Å². The fourth-order valence-electron chi connectivity index (χ4n) is 2.78. The molecular formula is C15H23NO4S. The van der Waals surface area contributed by atoms with Crippen molar-refractivity contribution in [2.45, 2.75) is 32.5 Å². The van der Waals surface area contributed by atoms with Gasteiger partial charge in [-0.1, -0.05) is 12.1 Å². The highest BCUT2D eigenvalue weighted by atomic mass is 32.2. The number of ether oxygens (including phenoxy) is 1. The highest BCUT2D eigenvalue weighted by Gasteiger charge is 2.46. The third-order valence-electron chi connectivity index (χ3n) is 3.97. The average molecular weight is 313 g/mol. The molecule has 6 heteroatoms. The molecule has 2 rings (SSSR count). The van der Waals surface area contributed by atoms with E-state index in [0.717, 1.165) is 5.75 Å². The predicted octanol–water partition coefficient (Wildman–Crippen LogP) is 1.27. The smallest absolute Gasteiger partial charge is 0.151 e. The topological polar surface area (TPSA) is 89.6 Å². The molecule has 1 aromatic carbocycles. The number of benzene rings is 1. The summed E-state index contributed by atoms with van der Waals surface area (Å²) in [5.74, 6) is 0.763. The van der Waals surface area contributed by atoms with Crippen LogP contribution in [-0.2, 0) is 9.84 Å². The standard InChI is InChI=1S/C15H23NO4S/c1-11(2)20-13-5-3-12(4-6-13)14(17)15(9-16)7-8-21(18,19)10-15/h3-6,11,14,17H,7-10,16H2,1-2H3. The summed E-state index contributed by atoms with van der Waals surface area (Å²) in [6.07, 6.45) is -0.402. The van der Waals surface area contributed by atoms with E-state index >= 15 is 0 Å². The van der Waals surface area contributed by atoms with Crippen LogP contribution in [0.4, 0.5) is 0 Å². The normalized spacial score (nSPS) is 26.0. The predicted molar refractivity (Wildman–Crippen MR) is 81.9 cm³/mol. The van der Waals surface area contributed by atoms with Crippen LogP contribution in [0.3, 0.4) is 0 Å². The SMILES string of the molecule is CC(C)Oc1ccc(C(O)C2(CN)CCS(=O)(=O)C2)cc1. The molecule has 118 valence electrons. The Morgan fingerprint density at radius 2 is 1.95 bits per heavy atom. The van der Waals surface area contributed by atoms with Gasteiger partial charge in [-0.25, -0.2) is 8.42 Å². The molecule has 0 aromatic heterocycles. The second-order valence-electron chi connectivity index (χ2n) is 6.05. The number of hydrogen-bond acceptors (Lipinski definition) is 5. The fraction of sp³-hybridized carbons (Fsp3) is 0.600. The summed E-state index contributed by atoms with van der Waals surface area (Å²) in [4.78, 5) is 0. The van der Waals surface area contributed by atoms with Crippen LogP contribution in [0, 0.1) is 5.41 Å². The van der Waals surface area contributed by atoms with Gasteiger partial charge in [0, 0.05) is 12.0 Å². The zero-order chi connectivity index (χ0) is 15.7. The van der Waals surface area contributed by atoms with Gasteiger partial charge in [0.2, 0.25) is 0 Å². The molecule has 1 heterocycles. The molecule has 2 unspecified atom stereocenters. The van der Waals surface area contributed by atoms with E-state index in [2.05, 4.69) is 0 Å². The zero-order valence-electron chi connectivity index (χ0n) is 12.5. The van der Waals surface area contributed by atoms with Crippen molar-refractivity contribution >= 4 is 9.84 Å². The molecule has 0 radical (unpaired) electrons. The third kappa shape index (κ3) is 3.56. The third-order valence-corrected chi connectivity index (χ3v) is 5.81. The summed E-state index contributed by atoms with van der Waals surface area (Å²) >= 11 is 0. The lowest BCUT2D eigenvalue weighted by atomic mass is 9.78. The Labute approximate surface area is 126 Å². The Balaban J connectivity index is 2.20. The summed E-state index contributed by atoms with van der Waals surface area (Å²) in [5, 5.41) is 10.6. The number of sulfone groups is 1. The summed E-state index contributed by atoms with van der Waals surface area (Å²) in [6.45, 7) is 4.03. The van der Waals surface area contributed by atoms with E-state index in [1.165, 1.54) is 0 Å². The molecule has 0 saturated carbocycles. The van der Waals surface area contributed by atoms with Crippen molar-refractivity contribution in [2.75, 3.05) is 18.1 Å². The molecule has 21 heavy (non-hydrogen) atoms. The minimum absolute atomic E-state index is 0.0537. The molecule has 0 spiro atoms. The minimum atomic E-state index is -3.11. The van der Waals surface area contributed by atoms with Crippen LogP contribution in [-0.4, -0.2) is 37.7 Å². The van der Waals surface area contributed by atoms with Gasteiger partial charge >= 0.3 is 0 Å². The van der Waals surface area contributed by atoms with Crippen molar-refractivity contribution < 1.29 is 18.3 Å². The van der Waals surface area contributed by atoms with Crippen LogP contribution in [0.1, 0.15) is 31.9 Å². The van der Waals surface area contributed by atoms with E-state index in [-0.39, 0.29) is 24.2 Å². The Morgan fingerprint density at radius 3 is 2.38 bits per heavy atom. The largest absolute Gasteiger partial charge is 0.491 e. The first-order chi connectivity index (χ1) is 9.78. The van der Waals surface area contributed by atoms with Gasteiger partial charge in [-0.3, -0.25) is 0 Å². The second kappa shape index (κ2) is 5.94. The molecule has 3 N–H and O–H groups in total. The minimum Gasteiger partial charge on any atom is -0.491 e. The molecule has 1 aromatic rings. The number of aliphatic hydroxyl groups excluding tert-OH is 1. The quantitative estimate of drug-likeness (QED) is 0.854. The van der Waals surface area contributed by atoms with E-state index < -0.39 is 21.4 Å². The Hall–Kier alpha value is -1.11. The van der Waals surface area contributed by atoms with Crippen LogP contribution in [0.15, 0.2) is 24.3 Å². The van der Waals surface area contributed by atoms with Crippen molar-refractivity contribution in [3.63, 3.8) is 0 Å². The Bertz CT molecular complexity index is 582. The van der Waals surface area contributed by atoms with Crippen molar-refractivity contribution in [3.05, 3.63) is 29.8 Å². The van der Waals surface area contributed by atoms with Crippen LogP contribution < -0.4 is 10.5 Å². The molecule has 1 aliphatic rings. The van der Waals surface area contributed by atoms with E-state index in [1.807, 2.05) is 13.8 Å². The van der Waals surface area contributed by atoms with Gasteiger partial charge in [-0.2, -0.15) is 0 Å². The lowest BCUT2D eigenvalue weighted by Gasteiger charge is -2.32. The number of rotatable bonds is 5. The number of hydrogen-bond donors (Lipinski definition) is 2. The highest BCUT2D eigenvalue weighted by Crippen LogP contribution is 2.42. The van der Waals surface area contributed by atoms with Crippen LogP contribution in [0.2, 0.25) is 0 Å². The lowest BCUT2D eigenvalue weighted by Crippen LogP contribution is -2.38. The molecule has 5 nitrogen and oxygen atoms in total. The fourth-order valence-corrected chi connectivity index (χ4v) is 4.94. The van der Waals surface area contributed by atoms with Gasteiger partial charge in [-0.05, 0) is 38.0 Å². The van der Waals surface area contributed by atoms with Crippen molar-refractivity contribution in [1.29, 1.82) is 0 Å². The van der Waals surface area contributed by atoms with E-state index in [9.17, 15) is 13.5 Å². The molecule has 1 aliphatic heterocycles. The van der Waals surface area contributed by atoms with Crippen molar-refractivity contribution in [1.82, 2.24) is 0 Å². The Morgan fingerprint density at radius 1 is 1.33 bits per heavy atom. The van der Waals surface area contributed by atoms with E-state index in [1.54, 1.807) is 24.3 Å². The maximum absolute atomic E-state index is 11.7. The van der Waals surface area contributed by atoms with Crippen molar-refractivity contribution in [3.8, 4) is 5.75 Å². The van der Waals surface area contributed by atoms with Crippen molar-refractivity contribution in [2.24, 2.45) is 11.1 Å². The first-order valence-electron chi connectivity index (χ1n) is 7.13. The number of nitrogens with two attached hydrogens (primary N) is 1. The van der Waals surface area contributed by atoms with E-state index in [0.29, 0.717) is 12.0 Å². The van der Waals surface area contributed by atoms with Crippen LogP contribution in [0.25, 0.3) is 0 Å². The highest BCUT2D eigenvalue weighted by molar-refractivity contribution is 7.91. The monoisotopic (exact) mass is 313 g/mol. The Kier molecular flexibility index (Phi) is 4.60. The molecule has 0 amide bonds. The van der Waals surface area contributed by atoms with Crippen LogP contribution in [0.5, 0.6) is 5.75 Å². The average Bonchev–Trinajstić information content (AvgIpc) is 2.75. The van der Waals surface area contributed by atoms with Gasteiger partial charge in [0.25, 0.3) is 0 Å². The lowest BCUT2D eigenvalue weighted by molar-refractivity contribution is 0.0471. The molecule has 2 atom stereocenters. The molecular weight excluding hydrogens is 290 g/mol. The molecule has 1 saturated heterocycles. The first-order valence-corrected chi connectivity index (χ1v) is 8.95. The molecule has 0 bridgehead atoms. The zero-order valence-corrected chi connectivity index (χ0v) is 13.3. The summed E-state index contributed by atoms with van der Waals surface area (Å²) < 4.78 is 29.0. The van der Waals surface area contributed by atoms with Crippen LogP contribution >= 0.6 is 0 Å². The number of aliphatic hydroxyl groups is 1. The summed E-state index contributed by atoms with van der Waals surface area (Å²) in [5.41, 5.74) is 5.67.